The number of H-pyrrole nitrogens is 3. The Morgan fingerprint density at radius 2 is 1.84 bits per heavy atom. The van der Waals surface area contributed by atoms with Gasteiger partial charge in [0.2, 0.25) is 0 Å². The van der Waals surface area contributed by atoms with Crippen LogP contribution in [0.15, 0.2) is 46.1 Å². The fraction of sp³-hybridized carbons (Fsp3) is 0.143. The van der Waals surface area contributed by atoms with Gasteiger partial charge in [-0.3, -0.25) is 4.79 Å². The van der Waals surface area contributed by atoms with Crippen LogP contribution in [0, 0.1) is 0 Å². The zero-order chi connectivity index (χ0) is 21.7. The number of carboxylic acids is 1. The number of rotatable bonds is 5. The molecule has 0 spiro atoms. The second kappa shape index (κ2) is 6.96. The van der Waals surface area contributed by atoms with Gasteiger partial charge < -0.3 is 30.4 Å². The largest absolute Gasteiger partial charge is 0.478 e. The number of aryl methyl sites for hydroxylation is 1. The molecular weight excluding hydrogens is 400 g/mol. The van der Waals surface area contributed by atoms with Crippen LogP contribution in [0.2, 0.25) is 0 Å². The summed E-state index contributed by atoms with van der Waals surface area (Å²) in [6.45, 7) is 1.12. The predicted octanol–water partition coefficient (Wildman–Crippen LogP) is 1.76. The SMILES string of the molecule is NCCCn1cc(-c2nc3cc4[nH]c(=O)[nH]c4cc3[nH]c2=O)c2cc(C(=O)O)ccc21. The van der Waals surface area contributed by atoms with Crippen molar-refractivity contribution in [1.29, 1.82) is 0 Å². The summed E-state index contributed by atoms with van der Waals surface area (Å²) in [5.74, 6) is -1.05. The highest BCUT2D eigenvalue weighted by Gasteiger charge is 2.17. The second-order valence-electron chi connectivity index (χ2n) is 7.32. The lowest BCUT2D eigenvalue weighted by Gasteiger charge is -2.04. The van der Waals surface area contributed by atoms with Crippen LogP contribution in [0.3, 0.4) is 0 Å². The maximum Gasteiger partial charge on any atom is 0.335 e. The standard InChI is InChI=1S/C21H18N6O4/c22-4-1-5-27-9-12(11-6-10(20(29)30)2-3-17(11)27)18-19(28)24-14-8-16-15(7-13(14)23-18)25-21(31)26-16/h2-3,6-9H,1,4-5,22H2,(H,24,28)(H,29,30)(H2,25,26,31). The van der Waals surface area contributed by atoms with Gasteiger partial charge in [-0.25, -0.2) is 14.6 Å². The molecule has 0 aliphatic rings. The molecule has 0 amide bonds. The molecule has 0 aliphatic carbocycles. The highest BCUT2D eigenvalue weighted by atomic mass is 16.4. The first-order valence-corrected chi connectivity index (χ1v) is 9.67. The summed E-state index contributed by atoms with van der Waals surface area (Å²) < 4.78 is 1.95. The van der Waals surface area contributed by atoms with Crippen molar-refractivity contribution in [2.45, 2.75) is 13.0 Å². The predicted molar refractivity (Wildman–Crippen MR) is 116 cm³/mol. The first-order valence-electron chi connectivity index (χ1n) is 9.67. The molecule has 0 saturated heterocycles. The quantitative estimate of drug-likeness (QED) is 0.292. The van der Waals surface area contributed by atoms with Crippen molar-refractivity contribution in [3.8, 4) is 11.3 Å². The van der Waals surface area contributed by atoms with E-state index in [1.165, 1.54) is 6.07 Å². The Kier molecular flexibility index (Phi) is 4.22. The van der Waals surface area contributed by atoms with Crippen molar-refractivity contribution >= 4 is 38.9 Å². The Balaban J connectivity index is 1.78. The highest BCUT2D eigenvalue weighted by molar-refractivity contribution is 6.01. The van der Waals surface area contributed by atoms with Gasteiger partial charge in [-0.05, 0) is 43.3 Å². The van der Waals surface area contributed by atoms with Crippen LogP contribution in [-0.2, 0) is 6.54 Å². The van der Waals surface area contributed by atoms with Crippen LogP contribution in [0.5, 0.6) is 0 Å². The molecule has 0 radical (unpaired) electrons. The van der Waals surface area contributed by atoms with Crippen LogP contribution in [-0.4, -0.2) is 42.1 Å². The molecule has 156 valence electrons. The lowest BCUT2D eigenvalue weighted by Crippen LogP contribution is -2.11. The van der Waals surface area contributed by atoms with Crippen molar-refractivity contribution in [3.63, 3.8) is 0 Å². The van der Waals surface area contributed by atoms with E-state index in [2.05, 4.69) is 19.9 Å². The van der Waals surface area contributed by atoms with Crippen LogP contribution in [0.4, 0.5) is 0 Å². The van der Waals surface area contributed by atoms with E-state index in [-0.39, 0.29) is 16.9 Å². The number of aromatic carboxylic acids is 1. The van der Waals surface area contributed by atoms with E-state index in [1.54, 1.807) is 30.5 Å². The molecule has 3 aromatic heterocycles. The van der Waals surface area contributed by atoms with E-state index in [0.717, 1.165) is 11.9 Å². The summed E-state index contributed by atoms with van der Waals surface area (Å²) in [5.41, 5.74) is 8.61. The second-order valence-corrected chi connectivity index (χ2v) is 7.32. The number of aromatic amines is 3. The van der Waals surface area contributed by atoms with Gasteiger partial charge in [-0.2, -0.15) is 0 Å². The minimum atomic E-state index is -1.05. The normalized spacial score (nSPS) is 11.6. The molecule has 2 aromatic carbocycles. The van der Waals surface area contributed by atoms with E-state index in [4.69, 9.17) is 5.73 Å². The maximum atomic E-state index is 12.9. The molecule has 10 heteroatoms. The Morgan fingerprint density at radius 1 is 1.06 bits per heavy atom. The maximum absolute atomic E-state index is 12.9. The van der Waals surface area contributed by atoms with Crippen molar-refractivity contribution < 1.29 is 9.90 Å². The Hall–Kier alpha value is -4.18. The number of carbonyl (C=O) groups is 1. The lowest BCUT2D eigenvalue weighted by atomic mass is 10.1. The van der Waals surface area contributed by atoms with Gasteiger partial charge in [0.05, 0.1) is 27.6 Å². The average Bonchev–Trinajstić information content (AvgIpc) is 3.28. The third-order valence-electron chi connectivity index (χ3n) is 5.31. The molecule has 0 atom stereocenters. The molecule has 0 aliphatic heterocycles. The Labute approximate surface area is 173 Å². The minimum absolute atomic E-state index is 0.120. The number of nitrogens with one attached hydrogen (secondary N) is 3. The number of imidazole rings is 1. The average molecular weight is 418 g/mol. The summed E-state index contributed by atoms with van der Waals surface area (Å²) in [7, 11) is 0. The number of nitrogens with two attached hydrogens (primary N) is 1. The number of fused-ring (bicyclic) bond motifs is 3. The van der Waals surface area contributed by atoms with Crippen molar-refractivity contribution in [3.05, 3.63) is 62.9 Å². The number of hydrogen-bond donors (Lipinski definition) is 5. The van der Waals surface area contributed by atoms with E-state index in [1.807, 2.05) is 4.57 Å². The number of hydrogen-bond acceptors (Lipinski definition) is 5. The third kappa shape index (κ3) is 3.09. The monoisotopic (exact) mass is 418 g/mol. The molecule has 5 aromatic rings. The number of aromatic nitrogens is 5. The first-order chi connectivity index (χ1) is 14.9. The molecule has 0 saturated carbocycles. The molecule has 3 heterocycles. The topological polar surface area (TPSA) is 163 Å². The molecular formula is C21H18N6O4. The van der Waals surface area contributed by atoms with Gasteiger partial charge in [0.15, 0.2) is 0 Å². The summed E-state index contributed by atoms with van der Waals surface area (Å²) in [5, 5.41) is 10.0. The number of carboxylic acid groups (broad SMARTS) is 1. The van der Waals surface area contributed by atoms with E-state index >= 15 is 0 Å². The Bertz CT molecular complexity index is 1600. The first kappa shape index (κ1) is 18.8. The number of benzene rings is 2. The van der Waals surface area contributed by atoms with Gasteiger partial charge in [0.25, 0.3) is 5.56 Å². The van der Waals surface area contributed by atoms with Gasteiger partial charge >= 0.3 is 11.7 Å². The van der Waals surface area contributed by atoms with Crippen molar-refractivity contribution in [2.75, 3.05) is 6.54 Å². The van der Waals surface area contributed by atoms with E-state index in [9.17, 15) is 19.5 Å². The molecule has 5 rings (SSSR count). The number of nitrogens with zero attached hydrogens (tertiary/aromatic N) is 2. The molecule has 0 fully saturated rings. The van der Waals surface area contributed by atoms with Gasteiger partial charge in [-0.15, -0.1) is 0 Å². The molecule has 6 N–H and O–H groups in total. The fourth-order valence-electron chi connectivity index (χ4n) is 3.86. The van der Waals surface area contributed by atoms with Crippen LogP contribution in [0.1, 0.15) is 16.8 Å². The minimum Gasteiger partial charge on any atom is -0.478 e. The molecule has 10 nitrogen and oxygen atoms in total. The zero-order valence-electron chi connectivity index (χ0n) is 16.2. The van der Waals surface area contributed by atoms with Gasteiger partial charge in [-0.1, -0.05) is 0 Å². The van der Waals surface area contributed by atoms with Crippen LogP contribution >= 0.6 is 0 Å². The van der Waals surface area contributed by atoms with Crippen molar-refractivity contribution in [1.82, 2.24) is 24.5 Å². The summed E-state index contributed by atoms with van der Waals surface area (Å²) in [6, 6.07) is 8.13. The van der Waals surface area contributed by atoms with Crippen molar-refractivity contribution in [2.24, 2.45) is 5.73 Å². The zero-order valence-corrected chi connectivity index (χ0v) is 16.2. The molecule has 0 bridgehead atoms. The smallest absolute Gasteiger partial charge is 0.335 e. The highest BCUT2D eigenvalue weighted by Crippen LogP contribution is 2.30. The van der Waals surface area contributed by atoms with Crippen LogP contribution in [0.25, 0.3) is 44.2 Å². The molecule has 31 heavy (non-hydrogen) atoms. The lowest BCUT2D eigenvalue weighted by molar-refractivity contribution is 0.0697. The molecule has 0 unspecified atom stereocenters. The Morgan fingerprint density at radius 3 is 2.58 bits per heavy atom. The van der Waals surface area contributed by atoms with Gasteiger partial charge in [0, 0.05) is 29.2 Å². The van der Waals surface area contributed by atoms with Crippen LogP contribution < -0.4 is 17.0 Å². The van der Waals surface area contributed by atoms with E-state index in [0.29, 0.717) is 46.1 Å². The summed E-state index contributed by atoms with van der Waals surface area (Å²) >= 11 is 0. The third-order valence-corrected chi connectivity index (χ3v) is 5.31. The summed E-state index contributed by atoms with van der Waals surface area (Å²) in [6.07, 6.45) is 2.52. The van der Waals surface area contributed by atoms with E-state index < -0.39 is 11.5 Å². The fourth-order valence-corrected chi connectivity index (χ4v) is 3.86. The summed E-state index contributed by atoms with van der Waals surface area (Å²) in [4.78, 5) is 48.7. The van der Waals surface area contributed by atoms with Gasteiger partial charge in [0.1, 0.15) is 5.69 Å².